The van der Waals surface area contributed by atoms with Gasteiger partial charge in [-0.15, -0.1) is 0 Å². The molecule has 0 spiro atoms. The average molecular weight is 560 g/mol. The van der Waals surface area contributed by atoms with Gasteiger partial charge >= 0.3 is 0 Å². The van der Waals surface area contributed by atoms with Crippen molar-refractivity contribution in [3.05, 3.63) is 105 Å². The summed E-state index contributed by atoms with van der Waals surface area (Å²) in [5.74, 6) is 0.907. The molecule has 0 unspecified atom stereocenters. The molecule has 0 atom stereocenters. The number of nitrogens with zero attached hydrogens (tertiary/aromatic N) is 2. The van der Waals surface area contributed by atoms with Gasteiger partial charge in [0.2, 0.25) is 5.89 Å². The number of halogens is 2. The van der Waals surface area contributed by atoms with Crippen LogP contribution in [0.1, 0.15) is 17.0 Å². The fraction of sp³-hybridized carbons (Fsp3) is 0.0370. The number of hydrogen-bond donors (Lipinski definition) is 0. The number of benzene rings is 4. The van der Waals surface area contributed by atoms with Gasteiger partial charge in [0, 0.05) is 10.0 Å². The Kier molecular flexibility index (Phi) is 5.99. The number of allylic oxidation sites excluding steroid dienone is 1. The second-order valence-electron chi connectivity index (χ2n) is 7.39. The molecular weight excluding hydrogens is 544 g/mol. The van der Waals surface area contributed by atoms with Crippen molar-refractivity contribution in [2.75, 3.05) is 0 Å². The summed E-state index contributed by atoms with van der Waals surface area (Å²) in [5.41, 5.74) is 3.46. The fourth-order valence-electron chi connectivity index (χ4n) is 3.69. The van der Waals surface area contributed by atoms with Gasteiger partial charge in [0.05, 0.1) is 4.47 Å². The molecule has 0 radical (unpaired) electrons. The first-order valence-corrected chi connectivity index (χ1v) is 11.8. The zero-order valence-electron chi connectivity index (χ0n) is 17.3. The van der Waals surface area contributed by atoms with Gasteiger partial charge in [0.25, 0.3) is 0 Å². The number of fused-ring (bicyclic) bond motifs is 2. The summed E-state index contributed by atoms with van der Waals surface area (Å²) in [6.45, 7) is 0.382. The van der Waals surface area contributed by atoms with E-state index in [2.05, 4.69) is 67.2 Å². The summed E-state index contributed by atoms with van der Waals surface area (Å²) in [6.07, 6.45) is 1.73. The van der Waals surface area contributed by atoms with E-state index >= 15 is 0 Å². The largest absolute Gasteiger partial charge is 0.487 e. The summed E-state index contributed by atoms with van der Waals surface area (Å²) in [5, 5.41) is 12.2. The Morgan fingerprint density at radius 3 is 2.64 bits per heavy atom. The Bertz CT molecular complexity index is 1530. The smallest absolute Gasteiger partial charge is 0.238 e. The molecule has 0 saturated carbocycles. The molecule has 0 saturated heterocycles. The van der Waals surface area contributed by atoms with E-state index in [4.69, 9.17) is 9.15 Å². The zero-order valence-corrected chi connectivity index (χ0v) is 20.4. The molecule has 0 fully saturated rings. The molecule has 33 heavy (non-hydrogen) atoms. The van der Waals surface area contributed by atoms with Crippen molar-refractivity contribution in [3.63, 3.8) is 0 Å². The molecule has 6 heteroatoms. The molecule has 0 aliphatic rings. The number of rotatable bonds is 5. The highest BCUT2D eigenvalue weighted by atomic mass is 79.9. The monoisotopic (exact) mass is 558 g/mol. The Morgan fingerprint density at radius 1 is 1.00 bits per heavy atom. The van der Waals surface area contributed by atoms with E-state index in [-0.39, 0.29) is 5.89 Å². The van der Waals surface area contributed by atoms with Crippen molar-refractivity contribution in [1.82, 2.24) is 4.98 Å². The summed E-state index contributed by atoms with van der Waals surface area (Å²) < 4.78 is 13.7. The van der Waals surface area contributed by atoms with Crippen molar-refractivity contribution >= 4 is 65.4 Å². The van der Waals surface area contributed by atoms with E-state index in [1.54, 1.807) is 6.08 Å². The van der Waals surface area contributed by atoms with Crippen molar-refractivity contribution in [3.8, 4) is 11.8 Å². The number of ether oxygens (including phenoxy) is 1. The van der Waals surface area contributed by atoms with Gasteiger partial charge in [0.15, 0.2) is 5.58 Å². The molecule has 5 aromatic rings. The first-order chi connectivity index (χ1) is 16.1. The van der Waals surface area contributed by atoms with Crippen LogP contribution in [-0.2, 0) is 6.61 Å². The zero-order chi connectivity index (χ0) is 22.8. The minimum Gasteiger partial charge on any atom is -0.487 e. The van der Waals surface area contributed by atoms with Crippen molar-refractivity contribution in [2.45, 2.75) is 6.61 Å². The molecule has 0 aliphatic carbocycles. The SMILES string of the molecule is N#C/C(=C\c1cc(Br)cc(Br)c1OCc1cccc2ccccc12)c1nc2ccccc2o1. The van der Waals surface area contributed by atoms with Gasteiger partial charge in [-0.3, -0.25) is 0 Å². The van der Waals surface area contributed by atoms with Crippen LogP contribution >= 0.6 is 31.9 Å². The predicted molar refractivity (Wildman–Crippen MR) is 138 cm³/mol. The van der Waals surface area contributed by atoms with Crippen LogP contribution < -0.4 is 4.74 Å². The molecule has 5 rings (SSSR count). The van der Waals surface area contributed by atoms with E-state index < -0.39 is 0 Å². The highest BCUT2D eigenvalue weighted by molar-refractivity contribution is 9.11. The first-order valence-electron chi connectivity index (χ1n) is 10.2. The maximum absolute atomic E-state index is 9.84. The van der Waals surface area contributed by atoms with E-state index in [0.717, 1.165) is 30.8 Å². The third kappa shape index (κ3) is 4.43. The van der Waals surface area contributed by atoms with Crippen LogP contribution in [0, 0.1) is 11.3 Å². The van der Waals surface area contributed by atoms with E-state index in [9.17, 15) is 5.26 Å². The number of oxazole rings is 1. The van der Waals surface area contributed by atoms with Crippen LogP contribution in [0.5, 0.6) is 5.75 Å². The molecule has 0 amide bonds. The number of hydrogen-bond acceptors (Lipinski definition) is 4. The number of nitriles is 1. The summed E-state index contributed by atoms with van der Waals surface area (Å²) in [4.78, 5) is 4.46. The average Bonchev–Trinajstić information content (AvgIpc) is 3.26. The fourth-order valence-corrected chi connectivity index (χ4v) is 5.07. The third-order valence-corrected chi connectivity index (χ3v) is 6.28. The predicted octanol–water partition coefficient (Wildman–Crippen LogP) is 8.15. The van der Waals surface area contributed by atoms with E-state index in [1.807, 2.05) is 54.6 Å². The van der Waals surface area contributed by atoms with Gasteiger partial charge in [0.1, 0.15) is 29.5 Å². The molecule has 1 aromatic heterocycles. The normalized spacial score (nSPS) is 11.6. The second-order valence-corrected chi connectivity index (χ2v) is 9.16. The lowest BCUT2D eigenvalue weighted by Gasteiger charge is -2.14. The molecule has 1 heterocycles. The minimum atomic E-state index is 0.273. The summed E-state index contributed by atoms with van der Waals surface area (Å²) in [6, 6.07) is 27.9. The first kappa shape index (κ1) is 21.4. The molecule has 0 aliphatic heterocycles. The summed E-state index contributed by atoms with van der Waals surface area (Å²) >= 11 is 7.15. The minimum absolute atomic E-state index is 0.273. The molecule has 4 aromatic carbocycles. The number of aromatic nitrogens is 1. The van der Waals surface area contributed by atoms with Crippen molar-refractivity contribution < 1.29 is 9.15 Å². The second kappa shape index (κ2) is 9.22. The van der Waals surface area contributed by atoms with Crippen LogP contribution in [0.3, 0.4) is 0 Å². The van der Waals surface area contributed by atoms with E-state index in [1.165, 1.54) is 0 Å². The van der Waals surface area contributed by atoms with Gasteiger partial charge in [-0.2, -0.15) is 5.26 Å². The quantitative estimate of drug-likeness (QED) is 0.204. The van der Waals surface area contributed by atoms with Crippen LogP contribution in [0.2, 0.25) is 0 Å². The molecular formula is C27H16Br2N2O2. The van der Waals surface area contributed by atoms with Gasteiger partial charge in [-0.05, 0) is 62.6 Å². The standard InChI is InChI=1S/C27H16Br2N2O2/c28-21-13-19(12-20(15-30)27-31-24-10-3-4-11-25(24)33-27)26(23(29)14-21)32-16-18-8-5-7-17-6-1-2-9-22(17)18/h1-14H,16H2/b20-12+. The molecule has 0 bridgehead atoms. The van der Waals surface area contributed by atoms with Crippen LogP contribution in [0.15, 0.2) is 92.2 Å². The van der Waals surface area contributed by atoms with E-state index in [0.29, 0.717) is 29.0 Å². The third-order valence-electron chi connectivity index (χ3n) is 5.23. The van der Waals surface area contributed by atoms with Gasteiger partial charge in [-0.1, -0.05) is 70.5 Å². The topological polar surface area (TPSA) is 59.0 Å². The highest BCUT2D eigenvalue weighted by Crippen LogP contribution is 2.36. The molecule has 160 valence electrons. The maximum Gasteiger partial charge on any atom is 0.238 e. The van der Waals surface area contributed by atoms with Crippen LogP contribution in [0.25, 0.3) is 33.5 Å². The number of para-hydroxylation sites is 2. The van der Waals surface area contributed by atoms with Crippen LogP contribution in [-0.4, -0.2) is 4.98 Å². The van der Waals surface area contributed by atoms with Gasteiger partial charge < -0.3 is 9.15 Å². The highest BCUT2D eigenvalue weighted by Gasteiger charge is 2.15. The molecule has 4 nitrogen and oxygen atoms in total. The van der Waals surface area contributed by atoms with Crippen molar-refractivity contribution in [2.24, 2.45) is 0 Å². The lowest BCUT2D eigenvalue weighted by atomic mass is 10.1. The Morgan fingerprint density at radius 2 is 1.79 bits per heavy atom. The van der Waals surface area contributed by atoms with Gasteiger partial charge in [-0.25, -0.2) is 4.98 Å². The lowest BCUT2D eigenvalue weighted by molar-refractivity contribution is 0.305. The maximum atomic E-state index is 9.84. The lowest BCUT2D eigenvalue weighted by Crippen LogP contribution is -1.99. The Hall–Kier alpha value is -3.40. The van der Waals surface area contributed by atoms with Crippen LogP contribution in [0.4, 0.5) is 0 Å². The van der Waals surface area contributed by atoms with Crippen molar-refractivity contribution in [1.29, 1.82) is 5.26 Å². The molecule has 0 N–H and O–H groups in total. The summed E-state index contributed by atoms with van der Waals surface area (Å²) in [7, 11) is 0. The Labute approximate surface area is 207 Å². The Balaban J connectivity index is 1.53.